The molecule has 2 aromatic carbocycles. The summed E-state index contributed by atoms with van der Waals surface area (Å²) in [7, 11) is 0. The monoisotopic (exact) mass is 442 g/mol. The molecule has 0 saturated carbocycles. The molecule has 1 saturated heterocycles. The Bertz CT molecular complexity index is 1290. The Hall–Kier alpha value is -3.38. The predicted molar refractivity (Wildman–Crippen MR) is 128 cm³/mol. The van der Waals surface area contributed by atoms with Crippen LogP contribution in [0.5, 0.6) is 0 Å². The molecule has 0 N–H and O–H groups in total. The van der Waals surface area contributed by atoms with Crippen molar-refractivity contribution in [3.8, 4) is 0 Å². The smallest absolute Gasteiger partial charge is 0.274 e. The average molecular weight is 443 g/mol. The van der Waals surface area contributed by atoms with Crippen molar-refractivity contribution in [1.29, 1.82) is 0 Å². The maximum atomic E-state index is 13.4. The molecule has 5 nitrogen and oxygen atoms in total. The summed E-state index contributed by atoms with van der Waals surface area (Å²) in [5.74, 6) is -0.254. The van der Waals surface area contributed by atoms with Gasteiger partial charge in [-0.05, 0) is 61.7 Å². The molecule has 1 fully saturated rings. The lowest BCUT2D eigenvalue weighted by Crippen LogP contribution is -2.30. The molecular weight excluding hydrogens is 415 g/mol. The van der Waals surface area contributed by atoms with Gasteiger partial charge in [-0.3, -0.25) is 14.7 Å². The molecule has 33 heavy (non-hydrogen) atoms. The lowest BCUT2D eigenvalue weighted by atomic mass is 10.0. The molecule has 168 valence electrons. The molecule has 4 aromatic rings. The third-order valence-corrected chi connectivity index (χ3v) is 6.44. The van der Waals surface area contributed by atoms with E-state index in [-0.39, 0.29) is 17.4 Å². The van der Waals surface area contributed by atoms with E-state index in [1.165, 1.54) is 12.1 Å². The third kappa shape index (κ3) is 4.86. The molecule has 0 aliphatic carbocycles. The molecule has 1 atom stereocenters. The van der Waals surface area contributed by atoms with Gasteiger partial charge in [-0.2, -0.15) is 5.10 Å². The summed E-state index contributed by atoms with van der Waals surface area (Å²) in [6.07, 6.45) is 5.18. The van der Waals surface area contributed by atoms with Gasteiger partial charge in [0.1, 0.15) is 5.82 Å². The van der Waals surface area contributed by atoms with Crippen molar-refractivity contribution in [2.75, 3.05) is 13.1 Å². The van der Waals surface area contributed by atoms with E-state index in [1.54, 1.807) is 16.8 Å². The molecule has 2 aromatic heterocycles. The number of hydrogen-bond acceptors (Lipinski definition) is 4. The Morgan fingerprint density at radius 1 is 0.909 bits per heavy atom. The Morgan fingerprint density at radius 3 is 2.48 bits per heavy atom. The van der Waals surface area contributed by atoms with E-state index in [2.05, 4.69) is 16.0 Å². The second kappa shape index (κ2) is 9.63. The number of rotatable bonds is 5. The highest BCUT2D eigenvalue weighted by atomic mass is 19.1. The van der Waals surface area contributed by atoms with Gasteiger partial charge >= 0.3 is 0 Å². The Kier molecular flexibility index (Phi) is 6.26. The zero-order valence-electron chi connectivity index (χ0n) is 18.5. The van der Waals surface area contributed by atoms with E-state index in [0.29, 0.717) is 11.8 Å². The van der Waals surface area contributed by atoms with E-state index >= 15 is 0 Å². The number of likely N-dealkylation sites (tertiary alicyclic amines) is 1. The van der Waals surface area contributed by atoms with E-state index in [9.17, 15) is 9.18 Å². The molecule has 0 spiro atoms. The minimum Gasteiger partial charge on any atom is -0.297 e. The predicted octanol–water partition coefficient (Wildman–Crippen LogP) is 4.75. The second-order valence-electron chi connectivity index (χ2n) is 8.73. The Morgan fingerprint density at radius 2 is 1.70 bits per heavy atom. The Labute approximate surface area is 192 Å². The van der Waals surface area contributed by atoms with E-state index in [4.69, 9.17) is 5.10 Å². The fraction of sp³-hybridized carbons (Fsp3) is 0.296. The average Bonchev–Trinajstić information content (AvgIpc) is 3.08. The van der Waals surface area contributed by atoms with Gasteiger partial charge in [-0.15, -0.1) is 0 Å². The van der Waals surface area contributed by atoms with Crippen LogP contribution < -0.4 is 5.56 Å². The van der Waals surface area contributed by atoms with Gasteiger partial charge in [0.05, 0.1) is 22.8 Å². The highest BCUT2D eigenvalue weighted by molar-refractivity contribution is 5.83. The fourth-order valence-corrected chi connectivity index (χ4v) is 4.71. The molecule has 6 heteroatoms. The maximum absolute atomic E-state index is 13.4. The normalized spacial score (nSPS) is 17.2. The van der Waals surface area contributed by atoms with Gasteiger partial charge < -0.3 is 0 Å². The molecular formula is C27H27FN4O. The topological polar surface area (TPSA) is 51.0 Å². The van der Waals surface area contributed by atoms with Gasteiger partial charge in [0, 0.05) is 31.1 Å². The quantitative estimate of drug-likeness (QED) is 0.448. The number of nitrogens with zero attached hydrogens (tertiary/aromatic N) is 4. The summed E-state index contributed by atoms with van der Waals surface area (Å²) < 4.78 is 15.1. The number of pyridine rings is 1. The summed E-state index contributed by atoms with van der Waals surface area (Å²) >= 11 is 0. The number of fused-ring (bicyclic) bond motifs is 1. The fourth-order valence-electron chi connectivity index (χ4n) is 4.71. The van der Waals surface area contributed by atoms with E-state index in [0.717, 1.165) is 61.2 Å². The molecule has 0 amide bonds. The van der Waals surface area contributed by atoms with Crippen LogP contribution in [0.4, 0.5) is 4.39 Å². The first-order chi connectivity index (χ1) is 16.2. The van der Waals surface area contributed by atoms with Gasteiger partial charge in [-0.1, -0.05) is 36.4 Å². The summed E-state index contributed by atoms with van der Waals surface area (Å²) in [5, 5.41) is 6.43. The van der Waals surface area contributed by atoms with E-state index in [1.807, 2.05) is 42.6 Å². The van der Waals surface area contributed by atoms with Crippen LogP contribution in [0.2, 0.25) is 0 Å². The summed E-state index contributed by atoms with van der Waals surface area (Å²) in [6.45, 7) is 2.71. The number of benzene rings is 2. The summed E-state index contributed by atoms with van der Waals surface area (Å²) in [6, 6.07) is 20.2. The number of hydrogen-bond donors (Lipinski definition) is 0. The first kappa shape index (κ1) is 21.5. The molecule has 0 radical (unpaired) electrons. The highest BCUT2D eigenvalue weighted by Gasteiger charge is 2.22. The van der Waals surface area contributed by atoms with Crippen LogP contribution in [0.15, 0.2) is 77.7 Å². The molecule has 3 heterocycles. The van der Waals surface area contributed by atoms with Crippen molar-refractivity contribution in [2.24, 2.45) is 0 Å². The standard InChI is InChI=1S/C27H27FN4O/c28-21-12-10-20(11-13-21)18-26-24-8-1-2-9-25(24)27(33)32(30-26)23-7-5-16-31(17-14-23)19-22-6-3-4-15-29-22/h1-4,6,8-13,15,23H,5,7,14,16-19H2. The van der Waals surface area contributed by atoms with Crippen LogP contribution in [0.1, 0.15) is 42.3 Å². The SMILES string of the molecule is O=c1c2ccccc2c(Cc2ccc(F)cc2)nn1C1CCCN(Cc2ccccn2)CC1. The maximum Gasteiger partial charge on any atom is 0.274 e. The second-order valence-corrected chi connectivity index (χ2v) is 8.73. The van der Waals surface area contributed by atoms with Crippen LogP contribution >= 0.6 is 0 Å². The van der Waals surface area contributed by atoms with Crippen LogP contribution in [-0.2, 0) is 13.0 Å². The minimum absolute atomic E-state index is 0.0309. The van der Waals surface area contributed by atoms with Crippen molar-refractivity contribution in [1.82, 2.24) is 19.7 Å². The van der Waals surface area contributed by atoms with Gasteiger partial charge in [-0.25, -0.2) is 9.07 Å². The lowest BCUT2D eigenvalue weighted by molar-refractivity contribution is 0.267. The van der Waals surface area contributed by atoms with Crippen molar-refractivity contribution < 1.29 is 4.39 Å². The zero-order chi connectivity index (χ0) is 22.6. The molecule has 1 aliphatic rings. The van der Waals surface area contributed by atoms with Crippen LogP contribution in [0.3, 0.4) is 0 Å². The van der Waals surface area contributed by atoms with Crippen LogP contribution in [-0.4, -0.2) is 32.8 Å². The van der Waals surface area contributed by atoms with Crippen molar-refractivity contribution in [2.45, 2.75) is 38.3 Å². The Balaban J connectivity index is 1.43. The third-order valence-electron chi connectivity index (χ3n) is 6.44. The van der Waals surface area contributed by atoms with Crippen molar-refractivity contribution in [3.63, 3.8) is 0 Å². The first-order valence-corrected chi connectivity index (χ1v) is 11.5. The van der Waals surface area contributed by atoms with Crippen molar-refractivity contribution >= 4 is 10.8 Å². The van der Waals surface area contributed by atoms with Gasteiger partial charge in [0.15, 0.2) is 0 Å². The number of halogens is 1. The van der Waals surface area contributed by atoms with Gasteiger partial charge in [0.25, 0.3) is 5.56 Å². The zero-order valence-corrected chi connectivity index (χ0v) is 18.5. The van der Waals surface area contributed by atoms with Crippen molar-refractivity contribution in [3.05, 3.63) is 106 Å². The lowest BCUT2D eigenvalue weighted by Gasteiger charge is -2.21. The molecule has 0 bridgehead atoms. The summed E-state index contributed by atoms with van der Waals surface area (Å²) in [5.41, 5.74) is 2.86. The molecule has 1 aliphatic heterocycles. The molecule has 1 unspecified atom stereocenters. The summed E-state index contributed by atoms with van der Waals surface area (Å²) in [4.78, 5) is 20.3. The number of aromatic nitrogens is 3. The van der Waals surface area contributed by atoms with Crippen LogP contribution in [0.25, 0.3) is 10.8 Å². The first-order valence-electron chi connectivity index (χ1n) is 11.5. The molecule has 5 rings (SSSR count). The van der Waals surface area contributed by atoms with E-state index < -0.39 is 0 Å². The highest BCUT2D eigenvalue weighted by Crippen LogP contribution is 2.24. The van der Waals surface area contributed by atoms with Crippen LogP contribution in [0, 0.1) is 5.82 Å². The minimum atomic E-state index is -0.254. The van der Waals surface area contributed by atoms with Gasteiger partial charge in [0.2, 0.25) is 0 Å². The largest absolute Gasteiger partial charge is 0.297 e.